The second-order valence-electron chi connectivity index (χ2n) is 4.45. The Bertz CT molecular complexity index is 467. The first-order chi connectivity index (χ1) is 8.83. The van der Waals surface area contributed by atoms with Gasteiger partial charge in [0, 0.05) is 0 Å². The minimum atomic E-state index is 0.468. The molecular formula is C15H19NOS. The van der Waals surface area contributed by atoms with Gasteiger partial charge >= 0.3 is 0 Å². The number of thiophene rings is 1. The maximum atomic E-state index is 5.89. The molecule has 1 heterocycles. The Hall–Kier alpha value is -1.32. The van der Waals surface area contributed by atoms with Crippen LogP contribution < -0.4 is 10.5 Å². The maximum Gasteiger partial charge on any atom is 0.122 e. The maximum absolute atomic E-state index is 5.89. The van der Waals surface area contributed by atoms with Crippen LogP contribution in [0.5, 0.6) is 5.75 Å². The van der Waals surface area contributed by atoms with Crippen LogP contribution in [0.2, 0.25) is 0 Å². The van der Waals surface area contributed by atoms with Gasteiger partial charge in [-0.25, -0.2) is 0 Å². The standard InChI is InChI=1S/C15H19NOS/c1-17-15-5-3-2-4-14(15)9-13(10-16)8-12-6-7-18-11-12/h2-7,11,13H,8-10,16H2,1H3. The summed E-state index contributed by atoms with van der Waals surface area (Å²) in [4.78, 5) is 0. The second kappa shape index (κ2) is 6.57. The summed E-state index contributed by atoms with van der Waals surface area (Å²) in [5.74, 6) is 1.43. The van der Waals surface area contributed by atoms with Crippen LogP contribution in [-0.4, -0.2) is 13.7 Å². The molecule has 2 N–H and O–H groups in total. The van der Waals surface area contributed by atoms with Crippen molar-refractivity contribution in [1.82, 2.24) is 0 Å². The van der Waals surface area contributed by atoms with Gasteiger partial charge in [0.2, 0.25) is 0 Å². The monoisotopic (exact) mass is 261 g/mol. The molecule has 2 aromatic rings. The number of rotatable bonds is 6. The molecule has 0 saturated heterocycles. The van der Waals surface area contributed by atoms with Crippen LogP contribution in [0.25, 0.3) is 0 Å². The highest BCUT2D eigenvalue weighted by molar-refractivity contribution is 7.07. The lowest BCUT2D eigenvalue weighted by Crippen LogP contribution is -2.19. The minimum Gasteiger partial charge on any atom is -0.496 e. The number of hydrogen-bond acceptors (Lipinski definition) is 3. The van der Waals surface area contributed by atoms with E-state index >= 15 is 0 Å². The molecule has 0 radical (unpaired) electrons. The fraction of sp³-hybridized carbons (Fsp3) is 0.333. The summed E-state index contributed by atoms with van der Waals surface area (Å²) in [5, 5.41) is 4.32. The van der Waals surface area contributed by atoms with Crippen LogP contribution in [0.4, 0.5) is 0 Å². The molecule has 0 aliphatic heterocycles. The van der Waals surface area contributed by atoms with Crippen LogP contribution in [0.3, 0.4) is 0 Å². The summed E-state index contributed by atoms with van der Waals surface area (Å²) in [6, 6.07) is 10.4. The summed E-state index contributed by atoms with van der Waals surface area (Å²) < 4.78 is 5.39. The van der Waals surface area contributed by atoms with Crippen molar-refractivity contribution in [3.8, 4) is 5.75 Å². The Balaban J connectivity index is 2.05. The third-order valence-corrected chi connectivity index (χ3v) is 3.87. The largest absolute Gasteiger partial charge is 0.496 e. The van der Waals surface area contributed by atoms with Gasteiger partial charge in [0.15, 0.2) is 0 Å². The second-order valence-corrected chi connectivity index (χ2v) is 5.23. The van der Waals surface area contributed by atoms with Crippen molar-refractivity contribution in [3.63, 3.8) is 0 Å². The fourth-order valence-electron chi connectivity index (χ4n) is 2.16. The number of hydrogen-bond donors (Lipinski definition) is 1. The highest BCUT2D eigenvalue weighted by atomic mass is 32.1. The number of para-hydroxylation sites is 1. The van der Waals surface area contributed by atoms with Crippen molar-refractivity contribution in [2.24, 2.45) is 11.7 Å². The van der Waals surface area contributed by atoms with E-state index in [9.17, 15) is 0 Å². The summed E-state index contributed by atoms with van der Waals surface area (Å²) >= 11 is 1.74. The lowest BCUT2D eigenvalue weighted by molar-refractivity contribution is 0.404. The average molecular weight is 261 g/mol. The zero-order valence-corrected chi connectivity index (χ0v) is 11.5. The predicted octanol–water partition coefficient (Wildman–Crippen LogP) is 3.12. The van der Waals surface area contributed by atoms with Gasteiger partial charge in [-0.1, -0.05) is 18.2 Å². The van der Waals surface area contributed by atoms with Crippen LogP contribution in [0.15, 0.2) is 41.1 Å². The molecule has 0 bridgehead atoms. The normalized spacial score (nSPS) is 12.3. The van der Waals surface area contributed by atoms with Gasteiger partial charge in [-0.15, -0.1) is 0 Å². The van der Waals surface area contributed by atoms with Crippen molar-refractivity contribution in [2.45, 2.75) is 12.8 Å². The Morgan fingerprint density at radius 1 is 1.22 bits per heavy atom. The predicted molar refractivity (Wildman–Crippen MR) is 77.3 cm³/mol. The Kier molecular flexibility index (Phi) is 4.79. The van der Waals surface area contributed by atoms with Crippen molar-refractivity contribution in [2.75, 3.05) is 13.7 Å². The first-order valence-electron chi connectivity index (χ1n) is 6.16. The van der Waals surface area contributed by atoms with E-state index < -0.39 is 0 Å². The first kappa shape index (κ1) is 13.1. The van der Waals surface area contributed by atoms with E-state index in [4.69, 9.17) is 10.5 Å². The topological polar surface area (TPSA) is 35.2 Å². The third kappa shape index (κ3) is 3.34. The Labute approximate surface area is 112 Å². The van der Waals surface area contributed by atoms with Gasteiger partial charge in [0.05, 0.1) is 7.11 Å². The molecule has 0 fully saturated rings. The Morgan fingerprint density at radius 2 is 2.06 bits per heavy atom. The molecule has 96 valence electrons. The van der Waals surface area contributed by atoms with E-state index in [2.05, 4.69) is 29.0 Å². The lowest BCUT2D eigenvalue weighted by Gasteiger charge is -2.16. The highest BCUT2D eigenvalue weighted by Crippen LogP contribution is 2.23. The first-order valence-corrected chi connectivity index (χ1v) is 7.10. The molecule has 1 aromatic carbocycles. The number of benzene rings is 1. The van der Waals surface area contributed by atoms with Crippen molar-refractivity contribution < 1.29 is 4.74 Å². The summed E-state index contributed by atoms with van der Waals surface area (Å²) in [7, 11) is 1.72. The molecule has 0 aliphatic carbocycles. The SMILES string of the molecule is COc1ccccc1CC(CN)Cc1ccsc1. The van der Waals surface area contributed by atoms with Crippen LogP contribution in [-0.2, 0) is 12.8 Å². The highest BCUT2D eigenvalue weighted by Gasteiger charge is 2.12. The molecule has 2 nitrogen and oxygen atoms in total. The number of ether oxygens (including phenoxy) is 1. The van der Waals surface area contributed by atoms with Gasteiger partial charge in [-0.05, 0) is 59.3 Å². The summed E-state index contributed by atoms with van der Waals surface area (Å²) in [6.07, 6.45) is 2.01. The summed E-state index contributed by atoms with van der Waals surface area (Å²) in [5.41, 5.74) is 8.51. The van der Waals surface area contributed by atoms with Crippen LogP contribution >= 0.6 is 11.3 Å². The van der Waals surface area contributed by atoms with Crippen molar-refractivity contribution in [3.05, 3.63) is 52.2 Å². The van der Waals surface area contributed by atoms with Crippen LogP contribution in [0, 0.1) is 5.92 Å². The zero-order chi connectivity index (χ0) is 12.8. The molecule has 2 rings (SSSR count). The van der Waals surface area contributed by atoms with Gasteiger partial charge in [0.25, 0.3) is 0 Å². The molecule has 0 spiro atoms. The molecular weight excluding hydrogens is 242 g/mol. The molecule has 1 unspecified atom stereocenters. The van der Waals surface area contributed by atoms with Gasteiger partial charge in [-0.3, -0.25) is 0 Å². The number of methoxy groups -OCH3 is 1. The lowest BCUT2D eigenvalue weighted by atomic mass is 9.93. The molecule has 0 saturated carbocycles. The van der Waals surface area contributed by atoms with E-state index in [1.807, 2.05) is 12.1 Å². The third-order valence-electron chi connectivity index (χ3n) is 3.14. The summed E-state index contributed by atoms with van der Waals surface area (Å²) in [6.45, 7) is 0.702. The molecule has 1 atom stereocenters. The Morgan fingerprint density at radius 3 is 2.72 bits per heavy atom. The van der Waals surface area contributed by atoms with E-state index in [0.717, 1.165) is 18.6 Å². The molecule has 1 aromatic heterocycles. The number of nitrogens with two attached hydrogens (primary N) is 1. The van der Waals surface area contributed by atoms with Crippen molar-refractivity contribution in [1.29, 1.82) is 0 Å². The van der Waals surface area contributed by atoms with E-state index in [1.54, 1.807) is 18.4 Å². The molecule has 0 aliphatic rings. The quantitative estimate of drug-likeness (QED) is 0.867. The average Bonchev–Trinajstić information content (AvgIpc) is 2.91. The van der Waals surface area contributed by atoms with E-state index in [1.165, 1.54) is 11.1 Å². The molecule has 0 amide bonds. The van der Waals surface area contributed by atoms with Gasteiger partial charge in [0.1, 0.15) is 5.75 Å². The van der Waals surface area contributed by atoms with Crippen molar-refractivity contribution >= 4 is 11.3 Å². The molecule has 18 heavy (non-hydrogen) atoms. The van der Waals surface area contributed by atoms with E-state index in [0.29, 0.717) is 12.5 Å². The van der Waals surface area contributed by atoms with Gasteiger partial charge in [-0.2, -0.15) is 11.3 Å². The minimum absolute atomic E-state index is 0.468. The molecule has 3 heteroatoms. The van der Waals surface area contributed by atoms with Crippen LogP contribution in [0.1, 0.15) is 11.1 Å². The van der Waals surface area contributed by atoms with E-state index in [-0.39, 0.29) is 0 Å². The smallest absolute Gasteiger partial charge is 0.122 e. The zero-order valence-electron chi connectivity index (χ0n) is 10.6. The van der Waals surface area contributed by atoms with Gasteiger partial charge < -0.3 is 10.5 Å². The fourth-order valence-corrected chi connectivity index (χ4v) is 2.85.